The van der Waals surface area contributed by atoms with E-state index in [1.54, 1.807) is 6.26 Å². The van der Waals surface area contributed by atoms with Crippen LogP contribution in [0.3, 0.4) is 0 Å². The summed E-state index contributed by atoms with van der Waals surface area (Å²) in [5, 5.41) is 0. The lowest BCUT2D eigenvalue weighted by Gasteiger charge is -2.25. The van der Waals surface area contributed by atoms with Gasteiger partial charge in [-0.15, -0.1) is 0 Å². The summed E-state index contributed by atoms with van der Waals surface area (Å²) in [4.78, 5) is 2.30. The summed E-state index contributed by atoms with van der Waals surface area (Å²) >= 11 is 0. The first-order valence-corrected chi connectivity index (χ1v) is 10.6. The lowest BCUT2D eigenvalue weighted by molar-refractivity contribution is 0.216. The van der Waals surface area contributed by atoms with E-state index in [1.165, 1.54) is 5.56 Å². The number of nitrogens with zero attached hydrogens (tertiary/aromatic N) is 1. The molecule has 1 aromatic heterocycles. The highest BCUT2D eigenvalue weighted by atomic mass is 32.2. The van der Waals surface area contributed by atoms with Gasteiger partial charge in [0.15, 0.2) is 0 Å². The van der Waals surface area contributed by atoms with Gasteiger partial charge in [0.2, 0.25) is 10.0 Å². The van der Waals surface area contributed by atoms with E-state index in [4.69, 9.17) is 4.42 Å². The Morgan fingerprint density at radius 3 is 2.52 bits per heavy atom. The molecule has 1 saturated heterocycles. The molecule has 0 amide bonds. The smallest absolute Gasteiger partial charge is 0.211 e. The van der Waals surface area contributed by atoms with Gasteiger partial charge in [-0.05, 0) is 56.5 Å². The van der Waals surface area contributed by atoms with Crippen LogP contribution in [0.2, 0.25) is 0 Å². The molecule has 6 heteroatoms. The summed E-state index contributed by atoms with van der Waals surface area (Å²) in [5.74, 6) is 0.973. The van der Waals surface area contributed by atoms with Crippen LogP contribution < -0.4 is 4.72 Å². The third-order valence-electron chi connectivity index (χ3n) is 4.67. The zero-order chi connectivity index (χ0) is 17.5. The van der Waals surface area contributed by atoms with Gasteiger partial charge >= 0.3 is 0 Å². The van der Waals surface area contributed by atoms with Crippen molar-refractivity contribution in [2.45, 2.75) is 31.7 Å². The van der Waals surface area contributed by atoms with Gasteiger partial charge in [0.05, 0.1) is 18.1 Å². The number of sulfonamides is 1. The van der Waals surface area contributed by atoms with Crippen LogP contribution in [0.25, 0.3) is 0 Å². The second-order valence-electron chi connectivity index (χ2n) is 6.53. The van der Waals surface area contributed by atoms with Gasteiger partial charge in [-0.3, -0.25) is 4.90 Å². The lowest BCUT2D eigenvalue weighted by atomic mass is 10.1. The topological polar surface area (TPSA) is 62.6 Å². The van der Waals surface area contributed by atoms with Crippen molar-refractivity contribution < 1.29 is 12.8 Å². The number of furan rings is 1. The highest BCUT2D eigenvalue weighted by molar-refractivity contribution is 7.89. The minimum Gasteiger partial charge on any atom is -0.468 e. The van der Waals surface area contributed by atoms with Gasteiger partial charge in [0, 0.05) is 6.54 Å². The van der Waals surface area contributed by atoms with Crippen LogP contribution in [0.15, 0.2) is 53.1 Å². The Hall–Kier alpha value is -1.63. The van der Waals surface area contributed by atoms with E-state index in [0.717, 1.165) is 38.1 Å². The van der Waals surface area contributed by atoms with Crippen molar-refractivity contribution in [2.75, 3.05) is 25.4 Å². The maximum atomic E-state index is 12.3. The predicted octanol–water partition coefficient (Wildman–Crippen LogP) is 2.97. The number of rotatable bonds is 9. The lowest BCUT2D eigenvalue weighted by Crippen LogP contribution is -2.37. The molecule has 5 nitrogen and oxygen atoms in total. The van der Waals surface area contributed by atoms with Crippen molar-refractivity contribution >= 4 is 10.0 Å². The number of nitrogens with one attached hydrogen (secondary N) is 1. The third kappa shape index (κ3) is 5.42. The number of hydrogen-bond acceptors (Lipinski definition) is 4. The van der Waals surface area contributed by atoms with Gasteiger partial charge in [-0.2, -0.15) is 0 Å². The van der Waals surface area contributed by atoms with Crippen LogP contribution in [-0.4, -0.2) is 38.7 Å². The van der Waals surface area contributed by atoms with E-state index in [2.05, 4.69) is 9.62 Å². The molecule has 0 aliphatic carbocycles. The number of aryl methyl sites for hydroxylation is 1. The molecule has 3 rings (SSSR count). The molecule has 1 unspecified atom stereocenters. The molecule has 1 atom stereocenters. The molecule has 1 fully saturated rings. The van der Waals surface area contributed by atoms with Crippen molar-refractivity contribution in [3.63, 3.8) is 0 Å². The molecule has 2 heterocycles. The van der Waals surface area contributed by atoms with Crippen molar-refractivity contribution in [3.05, 3.63) is 60.1 Å². The zero-order valence-electron chi connectivity index (χ0n) is 14.4. The molecule has 25 heavy (non-hydrogen) atoms. The first-order chi connectivity index (χ1) is 12.1. The zero-order valence-corrected chi connectivity index (χ0v) is 15.2. The van der Waals surface area contributed by atoms with E-state index in [1.807, 2.05) is 42.5 Å². The fourth-order valence-electron chi connectivity index (χ4n) is 3.33. The van der Waals surface area contributed by atoms with Gasteiger partial charge in [0.1, 0.15) is 5.76 Å². The average Bonchev–Trinajstić information content (AvgIpc) is 3.30. The summed E-state index contributed by atoms with van der Waals surface area (Å²) < 4.78 is 33.0. The Bertz CT molecular complexity index is 723. The van der Waals surface area contributed by atoms with Gasteiger partial charge < -0.3 is 4.42 Å². The Kier molecular flexibility index (Phi) is 6.29. The van der Waals surface area contributed by atoms with E-state index >= 15 is 0 Å². The Balaban J connectivity index is 1.52. The quantitative estimate of drug-likeness (QED) is 0.745. The molecule has 0 radical (unpaired) electrons. The highest BCUT2D eigenvalue weighted by Crippen LogP contribution is 2.25. The predicted molar refractivity (Wildman–Crippen MR) is 98.8 cm³/mol. The van der Waals surface area contributed by atoms with Crippen LogP contribution >= 0.6 is 0 Å². The molecular weight excluding hydrogens is 336 g/mol. The molecule has 2 aromatic rings. The molecule has 136 valence electrons. The normalized spacial score (nSPS) is 17.0. The van der Waals surface area contributed by atoms with E-state index < -0.39 is 10.0 Å². The summed E-state index contributed by atoms with van der Waals surface area (Å²) in [6, 6.07) is 13.7. The van der Waals surface area contributed by atoms with Gasteiger partial charge in [-0.25, -0.2) is 13.1 Å². The van der Waals surface area contributed by atoms with Gasteiger partial charge in [0.25, 0.3) is 0 Å². The third-order valence-corrected chi connectivity index (χ3v) is 6.10. The monoisotopic (exact) mass is 362 g/mol. The molecule has 1 aliphatic heterocycles. The van der Waals surface area contributed by atoms with E-state index in [9.17, 15) is 8.42 Å². The molecule has 1 N–H and O–H groups in total. The number of benzene rings is 1. The maximum absolute atomic E-state index is 12.3. The fraction of sp³-hybridized carbons (Fsp3) is 0.474. The summed E-state index contributed by atoms with van der Waals surface area (Å²) in [6.45, 7) is 2.34. The Labute approximate surface area is 150 Å². The largest absolute Gasteiger partial charge is 0.468 e. The Morgan fingerprint density at radius 1 is 1.08 bits per heavy atom. The maximum Gasteiger partial charge on any atom is 0.211 e. The second-order valence-corrected chi connectivity index (χ2v) is 8.46. The Morgan fingerprint density at radius 2 is 1.84 bits per heavy atom. The SMILES string of the molecule is O=S(=O)(CCCc1ccccc1)NCC(c1ccco1)N1CCCC1. The summed E-state index contributed by atoms with van der Waals surface area (Å²) in [7, 11) is -3.29. The van der Waals surface area contributed by atoms with Crippen LogP contribution in [0.4, 0.5) is 0 Å². The van der Waals surface area contributed by atoms with Crippen LogP contribution in [0, 0.1) is 0 Å². The van der Waals surface area contributed by atoms with Crippen molar-refractivity contribution in [1.29, 1.82) is 0 Å². The number of hydrogen-bond donors (Lipinski definition) is 1. The molecule has 0 spiro atoms. The molecule has 1 aromatic carbocycles. The van der Waals surface area contributed by atoms with E-state index in [0.29, 0.717) is 13.0 Å². The average molecular weight is 362 g/mol. The van der Waals surface area contributed by atoms with Crippen LogP contribution in [0.5, 0.6) is 0 Å². The standard InChI is InChI=1S/C19H26N2O3S/c22-25(23,15-7-10-17-8-2-1-3-9-17)20-16-18(19-11-6-14-24-19)21-12-4-5-13-21/h1-3,6,8-9,11,14,18,20H,4-5,7,10,12-13,15-16H2. The van der Waals surface area contributed by atoms with Crippen molar-refractivity contribution in [2.24, 2.45) is 0 Å². The highest BCUT2D eigenvalue weighted by Gasteiger charge is 2.26. The summed E-state index contributed by atoms with van der Waals surface area (Å²) in [5.41, 5.74) is 1.17. The minimum absolute atomic E-state index is 0.0265. The molecular formula is C19H26N2O3S. The fourth-order valence-corrected chi connectivity index (χ4v) is 4.41. The van der Waals surface area contributed by atoms with Crippen molar-refractivity contribution in [1.82, 2.24) is 9.62 Å². The number of likely N-dealkylation sites (tertiary alicyclic amines) is 1. The van der Waals surface area contributed by atoms with Crippen LogP contribution in [-0.2, 0) is 16.4 Å². The minimum atomic E-state index is -3.29. The van der Waals surface area contributed by atoms with Crippen LogP contribution in [0.1, 0.15) is 36.6 Å². The summed E-state index contributed by atoms with van der Waals surface area (Å²) in [6.07, 6.45) is 5.35. The second kappa shape index (κ2) is 8.65. The van der Waals surface area contributed by atoms with E-state index in [-0.39, 0.29) is 11.8 Å². The van der Waals surface area contributed by atoms with Crippen molar-refractivity contribution in [3.8, 4) is 0 Å². The first kappa shape index (κ1) is 18.2. The molecule has 0 bridgehead atoms. The molecule has 0 saturated carbocycles. The first-order valence-electron chi connectivity index (χ1n) is 8.93. The molecule has 1 aliphatic rings. The van der Waals surface area contributed by atoms with Gasteiger partial charge in [-0.1, -0.05) is 30.3 Å².